The molecule has 88 valence electrons. The molecule has 0 bridgehead atoms. The number of rotatable bonds is 5. The Kier molecular flexibility index (Phi) is 4.10. The highest BCUT2D eigenvalue weighted by molar-refractivity contribution is 5.95. The van der Waals surface area contributed by atoms with Crippen LogP contribution in [0.25, 0.3) is 0 Å². The quantitative estimate of drug-likeness (QED) is 0.784. The van der Waals surface area contributed by atoms with Gasteiger partial charge in [0.05, 0.1) is 0 Å². The molecule has 0 aliphatic rings. The minimum Gasteiger partial charge on any atom is -0.480 e. The van der Waals surface area contributed by atoms with E-state index in [4.69, 9.17) is 5.11 Å². The van der Waals surface area contributed by atoms with E-state index in [0.29, 0.717) is 18.5 Å². The van der Waals surface area contributed by atoms with Crippen LogP contribution in [0.15, 0.2) is 18.3 Å². The van der Waals surface area contributed by atoms with E-state index < -0.39 is 12.0 Å². The monoisotopic (exact) mass is 224 g/mol. The Morgan fingerprint density at radius 1 is 1.56 bits per heavy atom. The molecule has 1 aromatic heterocycles. The summed E-state index contributed by atoms with van der Waals surface area (Å²) in [5.41, 5.74) is 0.461. The number of hydrogen-bond acceptors (Lipinski definition) is 2. The molecule has 5 heteroatoms. The molecule has 0 fully saturated rings. The van der Waals surface area contributed by atoms with Gasteiger partial charge >= 0.3 is 5.97 Å². The Balaban J connectivity index is 2.69. The lowest BCUT2D eigenvalue weighted by atomic mass is 10.1. The zero-order valence-corrected chi connectivity index (χ0v) is 9.43. The van der Waals surface area contributed by atoms with Crippen LogP contribution in [-0.2, 0) is 11.8 Å². The molecule has 0 saturated carbocycles. The van der Waals surface area contributed by atoms with Gasteiger partial charge in [0.25, 0.3) is 5.91 Å². The number of nitrogens with one attached hydrogen (secondary N) is 1. The maximum atomic E-state index is 11.7. The number of hydrogen-bond donors (Lipinski definition) is 2. The van der Waals surface area contributed by atoms with Gasteiger partial charge in [0.15, 0.2) is 0 Å². The van der Waals surface area contributed by atoms with Crippen molar-refractivity contribution in [3.63, 3.8) is 0 Å². The maximum Gasteiger partial charge on any atom is 0.326 e. The second-order valence-corrected chi connectivity index (χ2v) is 3.66. The number of aliphatic carboxylic acids is 1. The third-order valence-electron chi connectivity index (χ3n) is 2.36. The molecule has 5 nitrogen and oxygen atoms in total. The first kappa shape index (κ1) is 12.3. The third-order valence-corrected chi connectivity index (χ3v) is 2.36. The van der Waals surface area contributed by atoms with E-state index in [1.807, 2.05) is 6.92 Å². The fraction of sp³-hybridized carbons (Fsp3) is 0.455. The summed E-state index contributed by atoms with van der Waals surface area (Å²) in [5, 5.41) is 11.4. The number of nitrogens with zero attached hydrogens (tertiary/aromatic N) is 1. The summed E-state index contributed by atoms with van der Waals surface area (Å²) in [6.45, 7) is 1.88. The molecule has 0 spiro atoms. The molecule has 0 aromatic carbocycles. The highest BCUT2D eigenvalue weighted by atomic mass is 16.4. The van der Waals surface area contributed by atoms with E-state index in [9.17, 15) is 9.59 Å². The fourth-order valence-electron chi connectivity index (χ4n) is 1.48. The van der Waals surface area contributed by atoms with Crippen LogP contribution in [0.2, 0.25) is 0 Å². The molecule has 1 aromatic rings. The van der Waals surface area contributed by atoms with Crippen LogP contribution in [0.4, 0.5) is 0 Å². The minimum atomic E-state index is -0.996. The van der Waals surface area contributed by atoms with Crippen molar-refractivity contribution in [1.82, 2.24) is 9.88 Å². The number of aryl methyl sites for hydroxylation is 1. The lowest BCUT2D eigenvalue weighted by molar-refractivity contribution is -0.139. The summed E-state index contributed by atoms with van der Waals surface area (Å²) in [4.78, 5) is 22.6. The van der Waals surface area contributed by atoms with Gasteiger partial charge in [0, 0.05) is 13.2 Å². The number of carboxylic acids is 1. The number of carbonyl (C=O) groups excluding carboxylic acids is 1. The van der Waals surface area contributed by atoms with Crippen molar-refractivity contribution in [3.8, 4) is 0 Å². The zero-order valence-electron chi connectivity index (χ0n) is 9.43. The van der Waals surface area contributed by atoms with E-state index >= 15 is 0 Å². The van der Waals surface area contributed by atoms with Crippen molar-refractivity contribution in [2.75, 3.05) is 0 Å². The standard InChI is InChI=1S/C11H16N2O3/c1-3-5-8(11(15)16)12-10(14)9-6-4-7-13(9)2/h4,6-8H,3,5H2,1-2H3,(H,12,14)(H,15,16)/t8-/m0/s1. The van der Waals surface area contributed by atoms with Crippen molar-refractivity contribution in [1.29, 1.82) is 0 Å². The van der Waals surface area contributed by atoms with Gasteiger partial charge in [0.2, 0.25) is 0 Å². The molecule has 0 aliphatic heterocycles. The van der Waals surface area contributed by atoms with E-state index in [2.05, 4.69) is 5.32 Å². The molecule has 0 unspecified atom stereocenters. The molecular weight excluding hydrogens is 208 g/mol. The first-order chi connectivity index (χ1) is 7.56. The average Bonchev–Trinajstić information content (AvgIpc) is 2.63. The van der Waals surface area contributed by atoms with E-state index in [-0.39, 0.29) is 5.91 Å². The summed E-state index contributed by atoms with van der Waals surface area (Å²) in [6.07, 6.45) is 2.89. The Bertz CT molecular complexity index is 384. The Morgan fingerprint density at radius 2 is 2.25 bits per heavy atom. The summed E-state index contributed by atoms with van der Waals surface area (Å²) < 4.78 is 1.65. The van der Waals surface area contributed by atoms with Crippen molar-refractivity contribution in [2.24, 2.45) is 7.05 Å². The lowest BCUT2D eigenvalue weighted by Crippen LogP contribution is -2.41. The van der Waals surface area contributed by atoms with Crippen LogP contribution in [-0.4, -0.2) is 27.6 Å². The molecule has 0 aliphatic carbocycles. The van der Waals surface area contributed by atoms with Gasteiger partial charge in [-0.2, -0.15) is 0 Å². The van der Waals surface area contributed by atoms with Gasteiger partial charge in [-0.05, 0) is 18.6 Å². The second-order valence-electron chi connectivity index (χ2n) is 3.66. The van der Waals surface area contributed by atoms with Crippen molar-refractivity contribution in [3.05, 3.63) is 24.0 Å². The number of amides is 1. The van der Waals surface area contributed by atoms with E-state index in [1.165, 1.54) is 0 Å². The SMILES string of the molecule is CCC[C@H](NC(=O)c1cccn1C)C(=O)O. The van der Waals surface area contributed by atoms with Gasteiger partial charge in [-0.15, -0.1) is 0 Å². The number of carboxylic acid groups (broad SMARTS) is 1. The van der Waals surface area contributed by atoms with Gasteiger partial charge < -0.3 is 15.0 Å². The van der Waals surface area contributed by atoms with Gasteiger partial charge in [-0.25, -0.2) is 4.79 Å². The third kappa shape index (κ3) is 2.85. The first-order valence-electron chi connectivity index (χ1n) is 5.21. The van der Waals surface area contributed by atoms with Crippen molar-refractivity contribution in [2.45, 2.75) is 25.8 Å². The molecular formula is C11H16N2O3. The number of carbonyl (C=O) groups is 2. The molecule has 2 N–H and O–H groups in total. The first-order valence-corrected chi connectivity index (χ1v) is 5.21. The summed E-state index contributed by atoms with van der Waals surface area (Å²) in [7, 11) is 1.74. The fourth-order valence-corrected chi connectivity index (χ4v) is 1.48. The summed E-state index contributed by atoms with van der Waals surface area (Å²) in [5.74, 6) is -1.35. The molecule has 0 radical (unpaired) electrons. The van der Waals surface area contributed by atoms with Crippen LogP contribution in [0, 0.1) is 0 Å². The largest absolute Gasteiger partial charge is 0.480 e. The van der Waals surface area contributed by atoms with Crippen LogP contribution in [0.3, 0.4) is 0 Å². The molecule has 1 atom stereocenters. The van der Waals surface area contributed by atoms with Crippen LogP contribution in [0.1, 0.15) is 30.3 Å². The molecule has 16 heavy (non-hydrogen) atoms. The Labute approximate surface area is 94.1 Å². The highest BCUT2D eigenvalue weighted by Gasteiger charge is 2.20. The second kappa shape index (κ2) is 5.34. The smallest absolute Gasteiger partial charge is 0.326 e. The highest BCUT2D eigenvalue weighted by Crippen LogP contribution is 2.02. The Morgan fingerprint density at radius 3 is 2.69 bits per heavy atom. The van der Waals surface area contributed by atoms with E-state index in [1.54, 1.807) is 29.9 Å². The normalized spacial score (nSPS) is 12.1. The van der Waals surface area contributed by atoms with Gasteiger partial charge in [0.1, 0.15) is 11.7 Å². The lowest BCUT2D eigenvalue weighted by Gasteiger charge is -2.13. The van der Waals surface area contributed by atoms with E-state index in [0.717, 1.165) is 0 Å². The van der Waals surface area contributed by atoms with Crippen LogP contribution < -0.4 is 5.32 Å². The minimum absolute atomic E-state index is 0.353. The predicted octanol–water partition coefficient (Wildman–Crippen LogP) is 1.01. The van der Waals surface area contributed by atoms with Gasteiger partial charge in [-0.3, -0.25) is 4.79 Å². The molecule has 1 amide bonds. The Hall–Kier alpha value is -1.78. The van der Waals surface area contributed by atoms with Crippen LogP contribution in [0.5, 0.6) is 0 Å². The molecule has 1 rings (SSSR count). The molecule has 1 heterocycles. The predicted molar refractivity (Wildman–Crippen MR) is 59.2 cm³/mol. The van der Waals surface area contributed by atoms with Crippen molar-refractivity contribution < 1.29 is 14.7 Å². The van der Waals surface area contributed by atoms with Crippen LogP contribution >= 0.6 is 0 Å². The summed E-state index contributed by atoms with van der Waals surface area (Å²) >= 11 is 0. The zero-order chi connectivity index (χ0) is 12.1. The maximum absolute atomic E-state index is 11.7. The average molecular weight is 224 g/mol. The topological polar surface area (TPSA) is 71.3 Å². The van der Waals surface area contributed by atoms with Gasteiger partial charge in [-0.1, -0.05) is 13.3 Å². The number of aromatic nitrogens is 1. The molecule has 0 saturated heterocycles. The van der Waals surface area contributed by atoms with Crippen molar-refractivity contribution >= 4 is 11.9 Å². The summed E-state index contributed by atoms with van der Waals surface area (Å²) in [6, 6.07) is 2.58.